The topological polar surface area (TPSA) is 72.7 Å². The molecule has 1 N–H and O–H groups in total. The second-order valence-electron chi connectivity index (χ2n) is 9.00. The number of para-hydroxylation sites is 1. The van der Waals surface area contributed by atoms with Crippen molar-refractivity contribution in [2.45, 2.75) is 43.9 Å². The van der Waals surface area contributed by atoms with Gasteiger partial charge in [-0.15, -0.1) is 10.2 Å². The third-order valence-electron chi connectivity index (χ3n) is 6.31. The number of nitrogens with one attached hydrogen (secondary N) is 1. The van der Waals surface area contributed by atoms with Crippen molar-refractivity contribution in [1.29, 1.82) is 0 Å². The van der Waals surface area contributed by atoms with Gasteiger partial charge in [-0.1, -0.05) is 72.4 Å². The molecule has 37 heavy (non-hydrogen) atoms. The summed E-state index contributed by atoms with van der Waals surface area (Å²) in [6.07, 6.45) is 2.15. The fraction of sp³-hybridized carbons (Fsp3) is 0.241. The zero-order valence-corrected chi connectivity index (χ0v) is 21.4. The normalized spacial score (nSPS) is 12.2. The molecule has 8 heteroatoms. The molecule has 0 saturated carbocycles. The Morgan fingerprint density at radius 1 is 0.973 bits per heavy atom. The van der Waals surface area contributed by atoms with Crippen LogP contribution in [0.5, 0.6) is 0 Å². The molecule has 5 aromatic rings. The molecule has 0 aliphatic rings. The van der Waals surface area contributed by atoms with E-state index < -0.39 is 0 Å². The highest BCUT2D eigenvalue weighted by atomic mass is 32.2. The minimum absolute atomic E-state index is 0.00376. The van der Waals surface area contributed by atoms with E-state index >= 15 is 0 Å². The summed E-state index contributed by atoms with van der Waals surface area (Å²) < 4.78 is 15.5. The maximum atomic E-state index is 13.4. The second kappa shape index (κ2) is 11.5. The predicted octanol–water partition coefficient (Wildman–Crippen LogP) is 6.31. The van der Waals surface area contributed by atoms with Gasteiger partial charge in [-0.25, -0.2) is 9.37 Å². The molecule has 0 fully saturated rings. The minimum Gasteiger partial charge on any atom is -0.350 e. The van der Waals surface area contributed by atoms with Crippen molar-refractivity contribution >= 4 is 39.7 Å². The molecule has 0 bridgehead atoms. The molecular formula is C29H28FN5OS. The van der Waals surface area contributed by atoms with E-state index in [0.717, 1.165) is 51.8 Å². The maximum absolute atomic E-state index is 13.4. The molecule has 0 aliphatic heterocycles. The van der Waals surface area contributed by atoms with E-state index in [1.807, 2.05) is 61.5 Å². The fourth-order valence-electron chi connectivity index (χ4n) is 4.37. The van der Waals surface area contributed by atoms with E-state index in [9.17, 15) is 9.18 Å². The van der Waals surface area contributed by atoms with E-state index in [-0.39, 0.29) is 17.8 Å². The van der Waals surface area contributed by atoms with Crippen molar-refractivity contribution in [2.24, 2.45) is 0 Å². The molecular weight excluding hydrogens is 485 g/mol. The number of hydrogen-bond acceptors (Lipinski definition) is 5. The number of amides is 1. The molecule has 1 atom stereocenters. The Kier molecular flexibility index (Phi) is 7.75. The molecule has 1 amide bonds. The van der Waals surface area contributed by atoms with Gasteiger partial charge in [0.1, 0.15) is 11.3 Å². The van der Waals surface area contributed by atoms with Crippen LogP contribution in [-0.2, 0) is 11.3 Å². The predicted molar refractivity (Wildman–Crippen MR) is 146 cm³/mol. The maximum Gasteiger partial charge on any atom is 0.220 e. The first-order chi connectivity index (χ1) is 18.1. The molecule has 0 saturated heterocycles. The molecule has 0 spiro atoms. The first-order valence-electron chi connectivity index (χ1n) is 12.4. The van der Waals surface area contributed by atoms with Crippen LogP contribution in [0.4, 0.5) is 4.39 Å². The zero-order valence-electron chi connectivity index (χ0n) is 20.6. The Balaban J connectivity index is 1.21. The van der Waals surface area contributed by atoms with E-state index in [2.05, 4.69) is 20.1 Å². The van der Waals surface area contributed by atoms with Crippen LogP contribution in [-0.4, -0.2) is 31.4 Å². The third kappa shape index (κ3) is 5.97. The first-order valence-corrected chi connectivity index (χ1v) is 13.4. The van der Waals surface area contributed by atoms with E-state index in [4.69, 9.17) is 4.98 Å². The average Bonchev–Trinajstić information content (AvgIpc) is 3.23. The van der Waals surface area contributed by atoms with Crippen molar-refractivity contribution in [1.82, 2.24) is 25.1 Å². The lowest BCUT2D eigenvalue weighted by Crippen LogP contribution is -2.26. The second-order valence-corrected chi connectivity index (χ2v) is 10.1. The van der Waals surface area contributed by atoms with Gasteiger partial charge >= 0.3 is 0 Å². The van der Waals surface area contributed by atoms with Crippen LogP contribution in [0.1, 0.15) is 43.4 Å². The largest absolute Gasteiger partial charge is 0.350 e. The Morgan fingerprint density at radius 3 is 2.54 bits per heavy atom. The lowest BCUT2D eigenvalue weighted by molar-refractivity contribution is -0.121. The summed E-state index contributed by atoms with van der Waals surface area (Å²) in [6, 6.07) is 24.5. The van der Waals surface area contributed by atoms with Gasteiger partial charge in [-0.05, 0) is 49.1 Å². The van der Waals surface area contributed by atoms with E-state index in [1.54, 1.807) is 23.9 Å². The number of benzene rings is 3. The lowest BCUT2D eigenvalue weighted by atomic mass is 10.1. The van der Waals surface area contributed by atoms with Gasteiger partial charge in [-0.2, -0.15) is 0 Å². The van der Waals surface area contributed by atoms with Crippen molar-refractivity contribution in [2.75, 3.05) is 5.75 Å². The number of carbonyl (C=O) groups is 1. The summed E-state index contributed by atoms with van der Waals surface area (Å²) in [5.74, 6) is 0.607. The SMILES string of the molecule is CC(NC(=O)CCCCSc1nnc2c3ccccc3n(Cc3ccc(F)cc3)c2n1)c1ccccc1. The van der Waals surface area contributed by atoms with Gasteiger partial charge in [0.15, 0.2) is 5.65 Å². The summed E-state index contributed by atoms with van der Waals surface area (Å²) >= 11 is 1.55. The highest BCUT2D eigenvalue weighted by molar-refractivity contribution is 7.99. The number of nitrogens with zero attached hydrogens (tertiary/aromatic N) is 4. The number of fused-ring (bicyclic) bond motifs is 3. The molecule has 2 aromatic heterocycles. The highest BCUT2D eigenvalue weighted by Crippen LogP contribution is 2.28. The van der Waals surface area contributed by atoms with Crippen LogP contribution in [0.15, 0.2) is 84.0 Å². The standard InChI is InChI=1S/C29H28FN5OS/c1-20(22-9-3-2-4-10-22)31-26(36)13-7-8-18-37-29-32-28-27(33-34-29)24-11-5-6-12-25(24)35(28)19-21-14-16-23(30)17-15-21/h2-6,9-12,14-17,20H,7-8,13,18-19H2,1H3,(H,31,36). The first kappa shape index (κ1) is 24.9. The molecule has 1 unspecified atom stereocenters. The Hall–Kier alpha value is -3.78. The number of halogens is 1. The Morgan fingerprint density at radius 2 is 1.73 bits per heavy atom. The number of aromatic nitrogens is 4. The summed E-state index contributed by atoms with van der Waals surface area (Å²) in [5.41, 5.74) is 4.62. The third-order valence-corrected chi connectivity index (χ3v) is 7.24. The van der Waals surface area contributed by atoms with Crippen LogP contribution >= 0.6 is 11.8 Å². The van der Waals surface area contributed by atoms with Crippen molar-refractivity contribution in [3.05, 3.63) is 95.8 Å². The van der Waals surface area contributed by atoms with Crippen LogP contribution < -0.4 is 5.32 Å². The average molecular weight is 514 g/mol. The number of thioether (sulfide) groups is 1. The molecule has 5 rings (SSSR count). The Bertz CT molecular complexity index is 1500. The fourth-order valence-corrected chi connectivity index (χ4v) is 5.15. The molecule has 3 aromatic carbocycles. The highest BCUT2D eigenvalue weighted by Gasteiger charge is 2.15. The van der Waals surface area contributed by atoms with Gasteiger partial charge in [0.2, 0.25) is 11.1 Å². The number of unbranched alkanes of at least 4 members (excludes halogenated alkanes) is 1. The number of rotatable bonds is 10. The van der Waals surface area contributed by atoms with Crippen LogP contribution in [0.2, 0.25) is 0 Å². The number of carbonyl (C=O) groups excluding carboxylic acids is 1. The summed E-state index contributed by atoms with van der Waals surface area (Å²) in [4.78, 5) is 17.2. The van der Waals surface area contributed by atoms with Crippen LogP contribution in [0, 0.1) is 5.82 Å². The summed E-state index contributed by atoms with van der Waals surface area (Å²) in [5, 5.41) is 13.5. The quantitative estimate of drug-likeness (QED) is 0.175. The van der Waals surface area contributed by atoms with Gasteiger partial charge in [0.25, 0.3) is 0 Å². The van der Waals surface area contributed by atoms with Crippen molar-refractivity contribution in [3.63, 3.8) is 0 Å². The molecule has 6 nitrogen and oxygen atoms in total. The smallest absolute Gasteiger partial charge is 0.220 e. The van der Waals surface area contributed by atoms with Gasteiger partial charge in [0.05, 0.1) is 11.6 Å². The molecule has 188 valence electrons. The molecule has 2 heterocycles. The van der Waals surface area contributed by atoms with Gasteiger partial charge in [0, 0.05) is 24.1 Å². The van der Waals surface area contributed by atoms with Crippen molar-refractivity contribution < 1.29 is 9.18 Å². The van der Waals surface area contributed by atoms with E-state index in [1.165, 1.54) is 12.1 Å². The monoisotopic (exact) mass is 513 g/mol. The molecule has 0 radical (unpaired) electrons. The summed E-state index contributed by atoms with van der Waals surface area (Å²) in [7, 11) is 0. The van der Waals surface area contributed by atoms with Crippen LogP contribution in [0.3, 0.4) is 0 Å². The lowest BCUT2D eigenvalue weighted by Gasteiger charge is -2.14. The van der Waals surface area contributed by atoms with Crippen molar-refractivity contribution in [3.8, 4) is 0 Å². The molecule has 0 aliphatic carbocycles. The van der Waals surface area contributed by atoms with Gasteiger partial charge < -0.3 is 9.88 Å². The summed E-state index contributed by atoms with van der Waals surface area (Å²) in [6.45, 7) is 2.56. The van der Waals surface area contributed by atoms with Crippen LogP contribution in [0.25, 0.3) is 22.1 Å². The minimum atomic E-state index is -0.253. The number of hydrogen-bond donors (Lipinski definition) is 1. The zero-order chi connectivity index (χ0) is 25.6. The Labute approximate surface area is 219 Å². The van der Waals surface area contributed by atoms with E-state index in [0.29, 0.717) is 18.1 Å². The van der Waals surface area contributed by atoms with Gasteiger partial charge in [-0.3, -0.25) is 4.79 Å².